The highest BCUT2D eigenvalue weighted by molar-refractivity contribution is 5.74. The van der Waals surface area contributed by atoms with Crippen LogP contribution in [0.25, 0.3) is 0 Å². The topological polar surface area (TPSA) is 103 Å². The molecule has 0 bridgehead atoms. The van der Waals surface area contributed by atoms with Crippen molar-refractivity contribution in [2.45, 2.75) is 31.7 Å². The maximum absolute atomic E-state index is 12.5. The molecule has 0 aliphatic carbocycles. The van der Waals surface area contributed by atoms with Crippen molar-refractivity contribution < 1.29 is 19.4 Å². The summed E-state index contributed by atoms with van der Waals surface area (Å²) >= 11 is 0. The molecular formula is C24H32N4O4. The Hall–Kier alpha value is -3.42. The first-order valence-corrected chi connectivity index (χ1v) is 11.0. The first kappa shape index (κ1) is 23.2. The van der Waals surface area contributed by atoms with Crippen LogP contribution in [-0.2, 0) is 12.8 Å². The Morgan fingerprint density at radius 3 is 2.38 bits per heavy atom. The van der Waals surface area contributed by atoms with Crippen molar-refractivity contribution in [1.82, 2.24) is 15.5 Å². The Morgan fingerprint density at radius 1 is 1.00 bits per heavy atom. The smallest absolute Gasteiger partial charge is 0.404 e. The van der Waals surface area contributed by atoms with Crippen molar-refractivity contribution in [2.24, 2.45) is 0 Å². The van der Waals surface area contributed by atoms with Crippen molar-refractivity contribution in [1.29, 1.82) is 0 Å². The number of nitrogens with zero attached hydrogens (tertiary/aromatic N) is 1. The highest BCUT2D eigenvalue weighted by Crippen LogP contribution is 2.18. The van der Waals surface area contributed by atoms with Crippen LogP contribution >= 0.6 is 0 Å². The van der Waals surface area contributed by atoms with Gasteiger partial charge in [0.2, 0.25) is 0 Å². The van der Waals surface area contributed by atoms with Crippen LogP contribution in [-0.4, -0.2) is 61.5 Å². The van der Waals surface area contributed by atoms with Crippen LogP contribution in [0.3, 0.4) is 0 Å². The van der Waals surface area contributed by atoms with Gasteiger partial charge in [-0.15, -0.1) is 0 Å². The highest BCUT2D eigenvalue weighted by Gasteiger charge is 2.22. The number of carbonyl (C=O) groups excluding carboxylic acids is 1. The lowest BCUT2D eigenvalue weighted by Gasteiger charge is -2.33. The van der Waals surface area contributed by atoms with Crippen LogP contribution in [0.4, 0.5) is 15.3 Å². The molecule has 0 spiro atoms. The van der Waals surface area contributed by atoms with Crippen molar-refractivity contribution in [3.8, 4) is 5.75 Å². The van der Waals surface area contributed by atoms with E-state index in [1.807, 2.05) is 53.4 Å². The second-order valence-electron chi connectivity index (χ2n) is 7.92. The van der Waals surface area contributed by atoms with Gasteiger partial charge in [0.1, 0.15) is 5.75 Å². The summed E-state index contributed by atoms with van der Waals surface area (Å²) in [6.07, 6.45) is 2.22. The second kappa shape index (κ2) is 11.8. The highest BCUT2D eigenvalue weighted by atomic mass is 16.5. The monoisotopic (exact) mass is 440 g/mol. The number of amides is 3. The van der Waals surface area contributed by atoms with Crippen LogP contribution in [0, 0.1) is 0 Å². The minimum atomic E-state index is -1.000. The van der Waals surface area contributed by atoms with E-state index in [1.54, 1.807) is 7.11 Å². The van der Waals surface area contributed by atoms with Crippen LogP contribution in [0.5, 0.6) is 5.75 Å². The first-order chi connectivity index (χ1) is 15.5. The minimum absolute atomic E-state index is 0.00864. The van der Waals surface area contributed by atoms with Gasteiger partial charge in [-0.2, -0.15) is 0 Å². The van der Waals surface area contributed by atoms with Gasteiger partial charge in [0, 0.05) is 37.9 Å². The maximum Gasteiger partial charge on any atom is 0.404 e. The molecule has 2 aromatic carbocycles. The quantitative estimate of drug-likeness (QED) is 0.479. The lowest BCUT2D eigenvalue weighted by Crippen LogP contribution is -2.47. The van der Waals surface area contributed by atoms with Crippen molar-refractivity contribution in [2.75, 3.05) is 38.6 Å². The number of hydrogen-bond donors (Lipinski definition) is 4. The molecule has 2 aromatic rings. The summed E-state index contributed by atoms with van der Waals surface area (Å²) in [5, 5.41) is 17.6. The van der Waals surface area contributed by atoms with Crippen molar-refractivity contribution in [3.05, 3.63) is 59.7 Å². The third-order valence-electron chi connectivity index (χ3n) is 5.62. The number of methoxy groups -OCH3 is 1. The van der Waals surface area contributed by atoms with Gasteiger partial charge in [-0.1, -0.05) is 24.3 Å². The van der Waals surface area contributed by atoms with Crippen molar-refractivity contribution in [3.63, 3.8) is 0 Å². The molecule has 3 rings (SSSR count). The molecule has 172 valence electrons. The molecule has 1 aliphatic rings. The molecule has 3 amide bonds. The lowest BCUT2D eigenvalue weighted by molar-refractivity contribution is 0.184. The van der Waals surface area contributed by atoms with Gasteiger partial charge < -0.3 is 30.7 Å². The number of anilines is 1. The molecule has 0 unspecified atom stereocenters. The average molecular weight is 441 g/mol. The van der Waals surface area contributed by atoms with E-state index in [4.69, 9.17) is 9.84 Å². The molecular weight excluding hydrogens is 408 g/mol. The fourth-order valence-electron chi connectivity index (χ4n) is 3.80. The number of carbonyl (C=O) groups is 2. The van der Waals surface area contributed by atoms with Gasteiger partial charge in [0.15, 0.2) is 0 Å². The van der Waals surface area contributed by atoms with Crippen LogP contribution in [0.1, 0.15) is 24.0 Å². The number of rotatable bonds is 9. The molecule has 0 aromatic heterocycles. The van der Waals surface area contributed by atoms with Gasteiger partial charge in [-0.25, -0.2) is 9.59 Å². The van der Waals surface area contributed by atoms with E-state index in [9.17, 15) is 9.59 Å². The van der Waals surface area contributed by atoms with Gasteiger partial charge in [0.05, 0.1) is 7.11 Å². The van der Waals surface area contributed by atoms with Crippen molar-refractivity contribution >= 4 is 17.8 Å². The van der Waals surface area contributed by atoms with E-state index in [0.29, 0.717) is 25.6 Å². The maximum atomic E-state index is 12.5. The van der Waals surface area contributed by atoms with Gasteiger partial charge in [0.25, 0.3) is 0 Å². The fraction of sp³-hybridized carbons (Fsp3) is 0.417. The number of piperidine rings is 1. The first-order valence-electron chi connectivity index (χ1n) is 11.0. The summed E-state index contributed by atoms with van der Waals surface area (Å²) in [5.41, 5.74) is 3.27. The number of carboxylic acid groups (broad SMARTS) is 1. The summed E-state index contributed by atoms with van der Waals surface area (Å²) in [6.45, 7) is 2.45. The van der Waals surface area contributed by atoms with E-state index in [2.05, 4.69) is 16.0 Å². The zero-order valence-electron chi connectivity index (χ0n) is 18.5. The largest absolute Gasteiger partial charge is 0.497 e. The van der Waals surface area contributed by atoms with Crippen LogP contribution in [0.15, 0.2) is 48.5 Å². The molecule has 1 saturated heterocycles. The molecule has 1 aliphatic heterocycles. The number of nitrogens with one attached hydrogen (secondary N) is 3. The zero-order valence-corrected chi connectivity index (χ0v) is 18.5. The molecule has 32 heavy (non-hydrogen) atoms. The van der Waals surface area contributed by atoms with Crippen LogP contribution < -0.4 is 20.7 Å². The summed E-state index contributed by atoms with van der Waals surface area (Å²) in [6, 6.07) is 16.3. The van der Waals surface area contributed by atoms with Gasteiger partial charge >= 0.3 is 12.1 Å². The second-order valence-corrected chi connectivity index (χ2v) is 7.92. The van der Waals surface area contributed by atoms with Gasteiger partial charge in [-0.05, 0) is 61.1 Å². The summed E-state index contributed by atoms with van der Waals surface area (Å²) < 4.78 is 5.24. The van der Waals surface area contributed by atoms with Gasteiger partial charge in [-0.3, -0.25) is 0 Å². The fourth-order valence-corrected chi connectivity index (χ4v) is 3.80. The minimum Gasteiger partial charge on any atom is -0.497 e. The van der Waals surface area contributed by atoms with Crippen LogP contribution in [0.2, 0.25) is 0 Å². The molecule has 1 heterocycles. The summed E-state index contributed by atoms with van der Waals surface area (Å²) in [7, 11) is 1.65. The molecule has 8 nitrogen and oxygen atoms in total. The number of benzene rings is 2. The molecule has 0 saturated carbocycles. The SMILES string of the molecule is COc1cccc(CCNC(=O)N2CCC(Nc3ccc(CCNC(=O)O)cc3)CC2)c1. The van der Waals surface area contributed by atoms with E-state index in [-0.39, 0.29) is 6.03 Å². The predicted molar refractivity (Wildman–Crippen MR) is 124 cm³/mol. The molecule has 0 atom stereocenters. The Bertz CT molecular complexity index is 880. The third kappa shape index (κ3) is 7.37. The number of hydrogen-bond acceptors (Lipinski definition) is 4. The Labute approximate surface area is 189 Å². The summed E-state index contributed by atoms with van der Waals surface area (Å²) in [4.78, 5) is 24.9. The average Bonchev–Trinajstić information content (AvgIpc) is 2.80. The predicted octanol–water partition coefficient (Wildman–Crippen LogP) is 3.33. The van der Waals surface area contributed by atoms with E-state index < -0.39 is 6.09 Å². The molecule has 1 fully saturated rings. The number of ether oxygens (including phenoxy) is 1. The third-order valence-corrected chi connectivity index (χ3v) is 5.62. The molecule has 4 N–H and O–H groups in total. The lowest BCUT2D eigenvalue weighted by atomic mass is 10.0. The van der Waals surface area contributed by atoms with E-state index in [0.717, 1.165) is 54.9 Å². The number of likely N-dealkylation sites (tertiary alicyclic amines) is 1. The Balaban J connectivity index is 1.35. The Morgan fingerprint density at radius 2 is 1.69 bits per heavy atom. The summed E-state index contributed by atoms with van der Waals surface area (Å²) in [5.74, 6) is 0.827. The van der Waals surface area contributed by atoms with E-state index >= 15 is 0 Å². The normalized spacial score (nSPS) is 14.0. The number of urea groups is 1. The van der Waals surface area contributed by atoms with E-state index in [1.165, 1.54) is 0 Å². The Kier molecular flexibility index (Phi) is 8.60. The zero-order chi connectivity index (χ0) is 22.8. The standard InChI is InChI=1S/C24H32N4O4/c1-32-22-4-2-3-19(17-22)10-13-25-23(29)28-15-11-21(12-16-28)27-20-7-5-18(6-8-20)9-14-26-24(30)31/h2-8,17,21,26-27H,9-16H2,1H3,(H,25,29)(H,30,31). The molecule has 0 radical (unpaired) electrons. The molecule has 8 heteroatoms.